The van der Waals surface area contributed by atoms with Crippen molar-refractivity contribution in [1.82, 2.24) is 9.62 Å². The summed E-state index contributed by atoms with van der Waals surface area (Å²) in [5, 5.41) is 2.92. The molecule has 0 radical (unpaired) electrons. The zero-order valence-electron chi connectivity index (χ0n) is 16.8. The SMILES string of the molecule is COc1ccc([C@H](C)NC(=O)c2ccc(C)c(S(=O)(=O)N3CCOCC3)c2)cc1. The summed E-state index contributed by atoms with van der Waals surface area (Å²) in [6, 6.07) is 11.9. The number of morpholine rings is 1. The molecule has 1 aliphatic rings. The maximum absolute atomic E-state index is 13.0. The van der Waals surface area contributed by atoms with E-state index in [4.69, 9.17) is 9.47 Å². The molecule has 1 saturated heterocycles. The molecule has 156 valence electrons. The first-order chi connectivity index (χ1) is 13.8. The summed E-state index contributed by atoms with van der Waals surface area (Å²) in [5.41, 5.74) is 1.84. The molecule has 0 spiro atoms. The minimum Gasteiger partial charge on any atom is -0.497 e. The Balaban J connectivity index is 1.79. The van der Waals surface area contributed by atoms with Gasteiger partial charge in [0.2, 0.25) is 10.0 Å². The van der Waals surface area contributed by atoms with Crippen molar-refractivity contribution >= 4 is 15.9 Å². The van der Waals surface area contributed by atoms with Gasteiger partial charge in [0, 0.05) is 18.7 Å². The van der Waals surface area contributed by atoms with Crippen LogP contribution in [0.4, 0.5) is 0 Å². The van der Waals surface area contributed by atoms with Gasteiger partial charge in [-0.05, 0) is 49.2 Å². The van der Waals surface area contributed by atoms with E-state index in [-0.39, 0.29) is 16.8 Å². The first kappa shape index (κ1) is 21.3. The van der Waals surface area contributed by atoms with E-state index in [0.29, 0.717) is 37.4 Å². The minimum absolute atomic E-state index is 0.157. The third-order valence-corrected chi connectivity index (χ3v) is 7.04. The Hall–Kier alpha value is -2.42. The Morgan fingerprint density at radius 2 is 1.79 bits per heavy atom. The van der Waals surface area contributed by atoms with Crippen LogP contribution >= 0.6 is 0 Å². The molecule has 0 aliphatic carbocycles. The summed E-state index contributed by atoms with van der Waals surface area (Å²) in [4.78, 5) is 12.9. The van der Waals surface area contributed by atoms with Crippen molar-refractivity contribution in [2.24, 2.45) is 0 Å². The van der Waals surface area contributed by atoms with Gasteiger partial charge in [-0.25, -0.2) is 8.42 Å². The Morgan fingerprint density at radius 1 is 1.14 bits per heavy atom. The molecule has 1 heterocycles. The average Bonchev–Trinajstić information content (AvgIpc) is 2.74. The second-order valence-electron chi connectivity index (χ2n) is 6.97. The second-order valence-corrected chi connectivity index (χ2v) is 8.87. The molecule has 1 N–H and O–H groups in total. The number of nitrogens with zero attached hydrogens (tertiary/aromatic N) is 1. The number of rotatable bonds is 6. The van der Waals surface area contributed by atoms with Crippen molar-refractivity contribution in [3.8, 4) is 5.75 Å². The van der Waals surface area contributed by atoms with Gasteiger partial charge in [0.05, 0.1) is 31.3 Å². The number of aryl methyl sites for hydroxylation is 1. The second kappa shape index (κ2) is 8.94. The molecule has 29 heavy (non-hydrogen) atoms. The maximum atomic E-state index is 13.0. The van der Waals surface area contributed by atoms with Gasteiger partial charge in [-0.2, -0.15) is 4.31 Å². The van der Waals surface area contributed by atoms with Crippen molar-refractivity contribution in [2.75, 3.05) is 33.4 Å². The molecule has 3 rings (SSSR count). The topological polar surface area (TPSA) is 84.9 Å². The van der Waals surface area contributed by atoms with E-state index in [9.17, 15) is 13.2 Å². The third-order valence-electron chi connectivity index (χ3n) is 5.00. The number of hydrogen-bond donors (Lipinski definition) is 1. The number of nitrogens with one attached hydrogen (secondary N) is 1. The molecule has 2 aromatic rings. The van der Waals surface area contributed by atoms with Gasteiger partial charge in [-0.1, -0.05) is 18.2 Å². The third kappa shape index (κ3) is 4.77. The van der Waals surface area contributed by atoms with E-state index in [1.807, 2.05) is 31.2 Å². The molecule has 0 unspecified atom stereocenters. The molecule has 0 saturated carbocycles. The van der Waals surface area contributed by atoms with Crippen LogP contribution in [0, 0.1) is 6.92 Å². The quantitative estimate of drug-likeness (QED) is 0.779. The van der Waals surface area contributed by atoms with Crippen LogP contribution in [0.15, 0.2) is 47.4 Å². The van der Waals surface area contributed by atoms with Gasteiger partial charge < -0.3 is 14.8 Å². The standard InChI is InChI=1S/C21H26N2O5S/c1-15-4-5-18(14-20(15)29(25,26)23-10-12-28-13-11-23)21(24)22-16(2)17-6-8-19(27-3)9-7-17/h4-9,14,16H,10-13H2,1-3H3,(H,22,24)/t16-/m0/s1. The highest BCUT2D eigenvalue weighted by molar-refractivity contribution is 7.89. The first-order valence-corrected chi connectivity index (χ1v) is 10.9. The zero-order chi connectivity index (χ0) is 21.0. The Labute approximate surface area is 171 Å². The maximum Gasteiger partial charge on any atom is 0.251 e. The van der Waals surface area contributed by atoms with Crippen molar-refractivity contribution in [1.29, 1.82) is 0 Å². The molecule has 1 atom stereocenters. The lowest BCUT2D eigenvalue weighted by atomic mass is 10.1. The molecule has 7 nitrogen and oxygen atoms in total. The smallest absolute Gasteiger partial charge is 0.251 e. The molecule has 8 heteroatoms. The van der Waals surface area contributed by atoms with E-state index in [0.717, 1.165) is 11.3 Å². The summed E-state index contributed by atoms with van der Waals surface area (Å²) in [5.74, 6) is 0.413. The fourth-order valence-corrected chi connectivity index (χ4v) is 4.86. The van der Waals surface area contributed by atoms with Gasteiger partial charge in [0.1, 0.15) is 5.75 Å². The predicted octanol–water partition coefficient (Wildman–Crippen LogP) is 2.52. The van der Waals surface area contributed by atoms with Crippen LogP contribution in [0.5, 0.6) is 5.75 Å². The van der Waals surface area contributed by atoms with Crippen LogP contribution in [-0.4, -0.2) is 52.0 Å². The molecular formula is C21H26N2O5S. The highest BCUT2D eigenvalue weighted by atomic mass is 32.2. The molecule has 1 amide bonds. The summed E-state index contributed by atoms with van der Waals surface area (Å²) in [6.07, 6.45) is 0. The predicted molar refractivity (Wildman–Crippen MR) is 110 cm³/mol. The lowest BCUT2D eigenvalue weighted by Crippen LogP contribution is -2.41. The van der Waals surface area contributed by atoms with Gasteiger partial charge in [-0.3, -0.25) is 4.79 Å². The number of carbonyl (C=O) groups is 1. The number of ether oxygens (including phenoxy) is 2. The van der Waals surface area contributed by atoms with E-state index >= 15 is 0 Å². The Kier molecular flexibility index (Phi) is 6.56. The van der Waals surface area contributed by atoms with Crippen molar-refractivity contribution < 1.29 is 22.7 Å². The molecule has 0 bridgehead atoms. The summed E-state index contributed by atoms with van der Waals surface area (Å²) >= 11 is 0. The molecule has 0 aromatic heterocycles. The molecular weight excluding hydrogens is 392 g/mol. The fraction of sp³-hybridized carbons (Fsp3) is 0.381. The van der Waals surface area contributed by atoms with Crippen LogP contribution in [0.2, 0.25) is 0 Å². The average molecular weight is 419 g/mol. The van der Waals surface area contributed by atoms with Gasteiger partial charge in [0.15, 0.2) is 0 Å². The Bertz CT molecular complexity index is 967. The highest BCUT2D eigenvalue weighted by Gasteiger charge is 2.28. The van der Waals surface area contributed by atoms with Gasteiger partial charge >= 0.3 is 0 Å². The fourth-order valence-electron chi connectivity index (χ4n) is 3.20. The van der Waals surface area contributed by atoms with E-state index < -0.39 is 10.0 Å². The van der Waals surface area contributed by atoms with Crippen LogP contribution in [-0.2, 0) is 14.8 Å². The summed E-state index contributed by atoms with van der Waals surface area (Å²) in [7, 11) is -2.08. The monoisotopic (exact) mass is 418 g/mol. The largest absolute Gasteiger partial charge is 0.497 e. The molecule has 2 aromatic carbocycles. The van der Waals surface area contributed by atoms with Crippen LogP contribution in [0.25, 0.3) is 0 Å². The van der Waals surface area contributed by atoms with Crippen LogP contribution < -0.4 is 10.1 Å². The number of sulfonamides is 1. The summed E-state index contributed by atoms with van der Waals surface area (Å²) in [6.45, 7) is 4.98. The van der Waals surface area contributed by atoms with Crippen molar-refractivity contribution in [3.05, 3.63) is 59.2 Å². The van der Waals surface area contributed by atoms with E-state index in [1.165, 1.54) is 10.4 Å². The highest BCUT2D eigenvalue weighted by Crippen LogP contribution is 2.23. The number of benzene rings is 2. The van der Waals surface area contributed by atoms with Gasteiger partial charge in [0.25, 0.3) is 5.91 Å². The number of amides is 1. The number of methoxy groups -OCH3 is 1. The van der Waals surface area contributed by atoms with Crippen molar-refractivity contribution in [2.45, 2.75) is 24.8 Å². The van der Waals surface area contributed by atoms with Crippen molar-refractivity contribution in [3.63, 3.8) is 0 Å². The van der Waals surface area contributed by atoms with Crippen LogP contribution in [0.1, 0.15) is 34.5 Å². The number of hydrogen-bond acceptors (Lipinski definition) is 5. The molecule has 1 fully saturated rings. The van der Waals surface area contributed by atoms with Crippen LogP contribution in [0.3, 0.4) is 0 Å². The van der Waals surface area contributed by atoms with E-state index in [2.05, 4.69) is 5.32 Å². The Morgan fingerprint density at radius 3 is 2.41 bits per heavy atom. The lowest BCUT2D eigenvalue weighted by molar-refractivity contribution is 0.0730. The van der Waals surface area contributed by atoms with E-state index in [1.54, 1.807) is 26.2 Å². The normalized spacial score (nSPS) is 16.2. The lowest BCUT2D eigenvalue weighted by Gasteiger charge is -2.26. The number of carbonyl (C=O) groups excluding carboxylic acids is 1. The molecule has 1 aliphatic heterocycles. The first-order valence-electron chi connectivity index (χ1n) is 9.46. The zero-order valence-corrected chi connectivity index (χ0v) is 17.7. The van der Waals surface area contributed by atoms with Gasteiger partial charge in [-0.15, -0.1) is 0 Å². The minimum atomic E-state index is -3.68. The summed E-state index contributed by atoms with van der Waals surface area (Å²) < 4.78 is 37.8.